The Morgan fingerprint density at radius 3 is 2.55 bits per heavy atom. The summed E-state index contributed by atoms with van der Waals surface area (Å²) in [5.41, 5.74) is -4.27. The van der Waals surface area contributed by atoms with Gasteiger partial charge in [0.2, 0.25) is 0 Å². The number of halogens is 3. The average Bonchev–Trinajstić information content (AvgIpc) is 1.85. The summed E-state index contributed by atoms with van der Waals surface area (Å²) in [6.07, 6.45) is 2.34. The molecule has 2 nitrogen and oxygen atoms in total. The Bertz CT molecular complexity index is 223. The van der Waals surface area contributed by atoms with E-state index in [4.69, 9.17) is 0 Å². The average molecular weight is 180 g/mol. The quantitative estimate of drug-likeness (QED) is 0.488. The molecule has 0 aliphatic heterocycles. The lowest BCUT2D eigenvalue weighted by molar-refractivity contribution is -0.0329. The molecule has 0 saturated heterocycles. The fourth-order valence-electron chi connectivity index (χ4n) is 0.457. The van der Waals surface area contributed by atoms with Crippen molar-refractivity contribution in [2.45, 2.75) is 10.5 Å². The van der Waals surface area contributed by atoms with Gasteiger partial charge in [0.25, 0.3) is 0 Å². The molecular weight excluding hydrogens is 177 g/mol. The maximum atomic E-state index is 11.6. The van der Waals surface area contributed by atoms with E-state index in [1.807, 2.05) is 0 Å². The normalized spacial score (nSPS) is 11.5. The Morgan fingerprint density at radius 2 is 2.09 bits per heavy atom. The van der Waals surface area contributed by atoms with Gasteiger partial charge in [0.15, 0.2) is 0 Å². The van der Waals surface area contributed by atoms with Crippen LogP contribution in [0.2, 0.25) is 0 Å². The lowest BCUT2D eigenvalue weighted by atomic mass is 10.7. The van der Waals surface area contributed by atoms with Crippen LogP contribution in [0.5, 0.6) is 0 Å². The second-order valence-electron chi connectivity index (χ2n) is 1.60. The number of thioether (sulfide) groups is 1. The van der Waals surface area contributed by atoms with Crippen LogP contribution in [0.25, 0.3) is 0 Å². The summed E-state index contributed by atoms with van der Waals surface area (Å²) in [5.74, 6) is 0. The van der Waals surface area contributed by atoms with Crippen LogP contribution in [0.15, 0.2) is 23.6 Å². The van der Waals surface area contributed by atoms with Crippen molar-refractivity contribution in [3.8, 4) is 0 Å². The Morgan fingerprint density at radius 1 is 1.36 bits per heavy atom. The third-order valence-corrected chi connectivity index (χ3v) is 1.46. The van der Waals surface area contributed by atoms with E-state index in [2.05, 4.69) is 9.97 Å². The molecule has 0 atom stereocenters. The Labute approximate surface area is 64.9 Å². The van der Waals surface area contributed by atoms with Crippen molar-refractivity contribution in [1.29, 1.82) is 0 Å². The van der Waals surface area contributed by atoms with Crippen molar-refractivity contribution < 1.29 is 13.2 Å². The monoisotopic (exact) mass is 180 g/mol. The van der Waals surface area contributed by atoms with Crippen molar-refractivity contribution in [3.63, 3.8) is 0 Å². The van der Waals surface area contributed by atoms with Crippen molar-refractivity contribution in [3.05, 3.63) is 18.6 Å². The van der Waals surface area contributed by atoms with Crippen LogP contribution in [0.1, 0.15) is 0 Å². The van der Waals surface area contributed by atoms with E-state index in [0.29, 0.717) is 0 Å². The predicted molar refractivity (Wildman–Crippen MR) is 33.9 cm³/mol. The maximum absolute atomic E-state index is 11.6. The van der Waals surface area contributed by atoms with Gasteiger partial charge in [-0.2, -0.15) is 13.2 Å². The van der Waals surface area contributed by atoms with Gasteiger partial charge in [0, 0.05) is 18.0 Å². The molecule has 0 aromatic carbocycles. The molecule has 1 rings (SSSR count). The first kappa shape index (κ1) is 8.32. The van der Waals surface area contributed by atoms with Crippen LogP contribution in [0.4, 0.5) is 13.2 Å². The molecule has 6 heteroatoms. The van der Waals surface area contributed by atoms with Gasteiger partial charge in [-0.05, 0) is 6.07 Å². The maximum Gasteiger partial charge on any atom is 0.447 e. The molecule has 0 unspecified atom stereocenters. The number of rotatable bonds is 1. The van der Waals surface area contributed by atoms with E-state index in [0.717, 1.165) is 6.33 Å². The van der Waals surface area contributed by atoms with Gasteiger partial charge in [-0.1, -0.05) is 0 Å². The molecule has 0 aliphatic carbocycles. The van der Waals surface area contributed by atoms with Crippen molar-refractivity contribution in [2.75, 3.05) is 0 Å². The number of aromatic nitrogens is 2. The summed E-state index contributed by atoms with van der Waals surface area (Å²) < 4.78 is 34.9. The fourth-order valence-corrected chi connectivity index (χ4v) is 0.923. The molecule has 0 spiro atoms. The predicted octanol–water partition coefficient (Wildman–Crippen LogP) is 2.09. The van der Waals surface area contributed by atoms with Crippen molar-refractivity contribution in [1.82, 2.24) is 9.97 Å². The molecule has 1 aromatic rings. The van der Waals surface area contributed by atoms with Gasteiger partial charge < -0.3 is 0 Å². The zero-order valence-electron chi connectivity index (χ0n) is 5.17. The lowest BCUT2D eigenvalue weighted by Crippen LogP contribution is -1.99. The first-order valence-corrected chi connectivity index (χ1v) is 3.41. The van der Waals surface area contributed by atoms with Crippen molar-refractivity contribution >= 4 is 11.8 Å². The molecule has 60 valence electrons. The zero-order chi connectivity index (χ0) is 8.32. The third-order valence-electron chi connectivity index (χ3n) is 0.775. The second kappa shape index (κ2) is 3.08. The molecule has 0 amide bonds. The van der Waals surface area contributed by atoms with Gasteiger partial charge in [0.05, 0.1) is 0 Å². The largest absolute Gasteiger partial charge is 0.447 e. The van der Waals surface area contributed by atoms with Crippen LogP contribution in [-0.4, -0.2) is 15.5 Å². The molecule has 0 N–H and O–H groups in total. The van der Waals surface area contributed by atoms with E-state index in [9.17, 15) is 13.2 Å². The summed E-state index contributed by atoms with van der Waals surface area (Å²) in [4.78, 5) is 6.88. The Balaban J connectivity index is 2.66. The fraction of sp³-hybridized carbons (Fsp3) is 0.200. The molecule has 0 radical (unpaired) electrons. The molecular formula is C5H3F3N2S. The smallest absolute Gasteiger partial charge is 0.245 e. The molecule has 0 fully saturated rings. The van der Waals surface area contributed by atoms with Crippen molar-refractivity contribution in [2.24, 2.45) is 0 Å². The molecule has 1 heterocycles. The van der Waals surface area contributed by atoms with E-state index in [1.54, 1.807) is 0 Å². The SMILES string of the molecule is FC(F)(F)Sc1ccncn1. The highest BCUT2D eigenvalue weighted by molar-refractivity contribution is 8.00. The molecule has 1 aromatic heterocycles. The summed E-state index contributed by atoms with van der Waals surface area (Å²) in [6.45, 7) is 0. The Kier molecular flexibility index (Phi) is 2.33. The standard InChI is InChI=1S/C5H3F3N2S/c6-5(7,8)11-4-1-2-9-3-10-4/h1-3H. The summed E-state index contributed by atoms with van der Waals surface area (Å²) in [7, 11) is 0. The van der Waals surface area contributed by atoms with Crippen LogP contribution in [0, 0.1) is 0 Å². The minimum Gasteiger partial charge on any atom is -0.245 e. The highest BCUT2D eigenvalue weighted by Gasteiger charge is 2.29. The van der Waals surface area contributed by atoms with Crippen LogP contribution >= 0.6 is 11.8 Å². The second-order valence-corrected chi connectivity index (χ2v) is 2.68. The number of nitrogens with zero attached hydrogens (tertiary/aromatic N) is 2. The van der Waals surface area contributed by atoms with Gasteiger partial charge >= 0.3 is 5.51 Å². The van der Waals surface area contributed by atoms with E-state index in [1.165, 1.54) is 12.3 Å². The van der Waals surface area contributed by atoms with Crippen LogP contribution < -0.4 is 0 Å². The third kappa shape index (κ3) is 3.22. The topological polar surface area (TPSA) is 25.8 Å². The summed E-state index contributed by atoms with van der Waals surface area (Å²) >= 11 is -0.250. The minimum absolute atomic E-state index is 0.0903. The lowest BCUT2D eigenvalue weighted by Gasteiger charge is -2.02. The number of hydrogen-bond acceptors (Lipinski definition) is 3. The van der Waals surface area contributed by atoms with Gasteiger partial charge in [0.1, 0.15) is 11.4 Å². The number of hydrogen-bond donors (Lipinski definition) is 0. The van der Waals surface area contributed by atoms with E-state index in [-0.39, 0.29) is 16.8 Å². The number of alkyl halides is 3. The summed E-state index contributed by atoms with van der Waals surface area (Å²) in [6, 6.07) is 1.21. The molecule has 0 bridgehead atoms. The highest BCUT2D eigenvalue weighted by Crippen LogP contribution is 2.34. The van der Waals surface area contributed by atoms with E-state index >= 15 is 0 Å². The summed E-state index contributed by atoms with van der Waals surface area (Å²) in [5, 5.41) is -0.0903. The Hall–Kier alpha value is -0.780. The van der Waals surface area contributed by atoms with Gasteiger partial charge in [-0.15, -0.1) is 0 Å². The zero-order valence-corrected chi connectivity index (χ0v) is 5.99. The van der Waals surface area contributed by atoms with Gasteiger partial charge in [-0.25, -0.2) is 9.97 Å². The molecule has 0 saturated carbocycles. The van der Waals surface area contributed by atoms with Crippen LogP contribution in [0.3, 0.4) is 0 Å². The van der Waals surface area contributed by atoms with Crippen LogP contribution in [-0.2, 0) is 0 Å². The first-order chi connectivity index (χ1) is 5.08. The molecule has 0 aliphatic rings. The molecule has 11 heavy (non-hydrogen) atoms. The van der Waals surface area contributed by atoms with E-state index < -0.39 is 5.51 Å². The first-order valence-electron chi connectivity index (χ1n) is 2.60. The van der Waals surface area contributed by atoms with Gasteiger partial charge in [-0.3, -0.25) is 0 Å². The minimum atomic E-state index is -4.27. The highest BCUT2D eigenvalue weighted by atomic mass is 32.2.